The fraction of sp³-hybridized carbons (Fsp3) is 0.143. The third kappa shape index (κ3) is 3.22. The van der Waals surface area contributed by atoms with Gasteiger partial charge in [-0.15, -0.1) is 0 Å². The van der Waals surface area contributed by atoms with Crippen molar-refractivity contribution in [2.45, 2.75) is 0 Å². The minimum absolute atomic E-state index is 0.104. The van der Waals surface area contributed by atoms with E-state index in [1.807, 2.05) is 12.1 Å². The number of rotatable bonds is 4. The zero-order chi connectivity index (χ0) is 13.0. The molecule has 0 aliphatic rings. The summed E-state index contributed by atoms with van der Waals surface area (Å²) in [5, 5.41) is 9.31. The minimum atomic E-state index is -0.379. The van der Waals surface area contributed by atoms with Gasteiger partial charge in [-0.3, -0.25) is 0 Å². The molecule has 0 aromatic heterocycles. The number of benzene rings is 2. The maximum Gasteiger partial charge on any atom is 0.127 e. The molecule has 0 heterocycles. The van der Waals surface area contributed by atoms with E-state index in [0.29, 0.717) is 16.3 Å². The lowest BCUT2D eigenvalue weighted by Crippen LogP contribution is -2.01. The maximum absolute atomic E-state index is 13.5. The Hall–Kier alpha value is -1.58. The smallest absolute Gasteiger partial charge is 0.127 e. The first-order valence-corrected chi connectivity index (χ1v) is 5.87. The van der Waals surface area contributed by atoms with Crippen LogP contribution in [0.4, 0.5) is 4.39 Å². The highest BCUT2D eigenvalue weighted by Gasteiger charge is 2.04. The lowest BCUT2D eigenvalue weighted by molar-refractivity contribution is 0.201. The van der Waals surface area contributed by atoms with Gasteiger partial charge in [0.1, 0.15) is 18.2 Å². The van der Waals surface area contributed by atoms with Gasteiger partial charge < -0.3 is 9.84 Å². The molecule has 0 amide bonds. The number of halogens is 2. The van der Waals surface area contributed by atoms with Crippen molar-refractivity contribution in [1.82, 2.24) is 0 Å². The van der Waals surface area contributed by atoms with Crippen LogP contribution in [0.2, 0.25) is 5.02 Å². The molecule has 0 unspecified atom stereocenters. The van der Waals surface area contributed by atoms with Crippen molar-refractivity contribution < 1.29 is 14.2 Å². The molecule has 0 spiro atoms. The summed E-state index contributed by atoms with van der Waals surface area (Å²) in [7, 11) is 0. The second-order valence-corrected chi connectivity index (χ2v) is 4.19. The third-order valence-electron chi connectivity index (χ3n) is 2.41. The summed E-state index contributed by atoms with van der Waals surface area (Å²) in [5.41, 5.74) is 1.56. The van der Waals surface area contributed by atoms with Gasteiger partial charge in [-0.2, -0.15) is 0 Å². The van der Waals surface area contributed by atoms with Crippen LogP contribution >= 0.6 is 11.6 Å². The van der Waals surface area contributed by atoms with Crippen molar-refractivity contribution >= 4 is 11.6 Å². The highest BCUT2D eigenvalue weighted by molar-refractivity contribution is 6.30. The summed E-state index contributed by atoms with van der Waals surface area (Å²) in [6.45, 7) is 0.0380. The summed E-state index contributed by atoms with van der Waals surface area (Å²) in [6, 6.07) is 11.6. The van der Waals surface area contributed by atoms with Crippen molar-refractivity contribution in [3.05, 3.63) is 53.3 Å². The monoisotopic (exact) mass is 266 g/mol. The Morgan fingerprint density at radius 1 is 1.06 bits per heavy atom. The first-order chi connectivity index (χ1) is 8.69. The summed E-state index contributed by atoms with van der Waals surface area (Å²) >= 11 is 5.80. The standard InChI is InChI=1S/C14H12ClFO2/c15-12-3-1-10(2-4-12)11-7-13(16)9-14(8-11)18-6-5-17/h1-4,7-9,17H,5-6H2. The average Bonchev–Trinajstić information content (AvgIpc) is 2.36. The molecule has 0 atom stereocenters. The molecule has 0 aliphatic carbocycles. The van der Waals surface area contributed by atoms with Gasteiger partial charge in [0.2, 0.25) is 0 Å². The van der Waals surface area contributed by atoms with Crippen molar-refractivity contribution in [2.24, 2.45) is 0 Å². The second-order valence-electron chi connectivity index (χ2n) is 3.75. The Balaban J connectivity index is 2.32. The van der Waals surface area contributed by atoms with Crippen molar-refractivity contribution in [3.63, 3.8) is 0 Å². The molecule has 0 saturated carbocycles. The number of aliphatic hydroxyl groups is 1. The largest absolute Gasteiger partial charge is 0.491 e. The van der Waals surface area contributed by atoms with E-state index in [1.54, 1.807) is 18.2 Å². The van der Waals surface area contributed by atoms with Crippen LogP contribution in [0.1, 0.15) is 0 Å². The second kappa shape index (κ2) is 5.85. The first kappa shape index (κ1) is 12.9. The van der Waals surface area contributed by atoms with E-state index >= 15 is 0 Å². The van der Waals surface area contributed by atoms with Crippen LogP contribution in [0.15, 0.2) is 42.5 Å². The van der Waals surface area contributed by atoms with Gasteiger partial charge in [-0.25, -0.2) is 4.39 Å². The highest BCUT2D eigenvalue weighted by Crippen LogP contribution is 2.26. The molecule has 2 rings (SSSR count). The Bertz CT molecular complexity index is 526. The Labute approximate surface area is 110 Å². The summed E-state index contributed by atoms with van der Waals surface area (Å²) in [5.74, 6) is 0.0180. The van der Waals surface area contributed by atoms with E-state index in [-0.39, 0.29) is 19.0 Å². The molecule has 0 bridgehead atoms. The van der Waals surface area contributed by atoms with Gasteiger partial charge in [0, 0.05) is 11.1 Å². The minimum Gasteiger partial charge on any atom is -0.491 e. The topological polar surface area (TPSA) is 29.5 Å². The number of hydrogen-bond donors (Lipinski definition) is 1. The van der Waals surface area contributed by atoms with Gasteiger partial charge in [-0.1, -0.05) is 23.7 Å². The quantitative estimate of drug-likeness (QED) is 0.918. The summed E-state index contributed by atoms with van der Waals surface area (Å²) in [6.07, 6.45) is 0. The fourth-order valence-electron chi connectivity index (χ4n) is 1.62. The SMILES string of the molecule is OCCOc1cc(F)cc(-c2ccc(Cl)cc2)c1. The van der Waals surface area contributed by atoms with E-state index in [4.69, 9.17) is 21.4 Å². The number of hydrogen-bond acceptors (Lipinski definition) is 2. The van der Waals surface area contributed by atoms with Crippen molar-refractivity contribution in [1.29, 1.82) is 0 Å². The molecule has 2 nitrogen and oxygen atoms in total. The average molecular weight is 267 g/mol. The van der Waals surface area contributed by atoms with Crippen LogP contribution < -0.4 is 4.74 Å². The van der Waals surface area contributed by atoms with Gasteiger partial charge >= 0.3 is 0 Å². The lowest BCUT2D eigenvalue weighted by atomic mass is 10.1. The predicted molar refractivity (Wildman–Crippen MR) is 69.4 cm³/mol. The van der Waals surface area contributed by atoms with Crippen LogP contribution in [0.25, 0.3) is 11.1 Å². The maximum atomic E-state index is 13.5. The van der Waals surface area contributed by atoms with Gasteiger partial charge in [-0.05, 0) is 35.4 Å². The zero-order valence-corrected chi connectivity index (χ0v) is 10.3. The molecule has 0 radical (unpaired) electrons. The van der Waals surface area contributed by atoms with Crippen LogP contribution in [0, 0.1) is 5.82 Å². The third-order valence-corrected chi connectivity index (χ3v) is 2.66. The van der Waals surface area contributed by atoms with Crippen LogP contribution in [-0.2, 0) is 0 Å². The predicted octanol–water partition coefficient (Wildman–Crippen LogP) is 3.52. The van der Waals surface area contributed by atoms with Crippen molar-refractivity contribution in [2.75, 3.05) is 13.2 Å². The van der Waals surface area contributed by atoms with Crippen LogP contribution in [-0.4, -0.2) is 18.3 Å². The molecule has 0 saturated heterocycles. The highest BCUT2D eigenvalue weighted by atomic mass is 35.5. The molecular formula is C14H12ClFO2. The molecule has 2 aromatic carbocycles. The number of ether oxygens (including phenoxy) is 1. The number of aliphatic hydroxyl groups excluding tert-OH is 1. The Morgan fingerprint density at radius 3 is 2.44 bits per heavy atom. The molecular weight excluding hydrogens is 255 g/mol. The van der Waals surface area contributed by atoms with Crippen molar-refractivity contribution in [3.8, 4) is 16.9 Å². The van der Waals surface area contributed by atoms with Gasteiger partial charge in [0.05, 0.1) is 6.61 Å². The molecule has 2 aromatic rings. The van der Waals surface area contributed by atoms with E-state index in [2.05, 4.69) is 0 Å². The van der Waals surface area contributed by atoms with Crippen LogP contribution in [0.3, 0.4) is 0 Å². The van der Waals surface area contributed by atoms with Gasteiger partial charge in [0.25, 0.3) is 0 Å². The van der Waals surface area contributed by atoms with E-state index in [9.17, 15) is 4.39 Å². The molecule has 1 N–H and O–H groups in total. The molecule has 94 valence electrons. The molecule has 0 fully saturated rings. The zero-order valence-electron chi connectivity index (χ0n) is 9.57. The van der Waals surface area contributed by atoms with E-state index in [1.165, 1.54) is 12.1 Å². The summed E-state index contributed by atoms with van der Waals surface area (Å²) < 4.78 is 18.7. The lowest BCUT2D eigenvalue weighted by Gasteiger charge is -2.08. The van der Waals surface area contributed by atoms with Crippen LogP contribution in [0.5, 0.6) is 5.75 Å². The normalized spacial score (nSPS) is 10.4. The summed E-state index contributed by atoms with van der Waals surface area (Å²) in [4.78, 5) is 0. The molecule has 18 heavy (non-hydrogen) atoms. The Kier molecular flexibility index (Phi) is 4.18. The molecule has 0 aliphatic heterocycles. The van der Waals surface area contributed by atoms with E-state index in [0.717, 1.165) is 5.56 Å². The first-order valence-electron chi connectivity index (χ1n) is 5.49. The fourth-order valence-corrected chi connectivity index (χ4v) is 1.74. The Morgan fingerprint density at radius 2 is 1.78 bits per heavy atom. The van der Waals surface area contributed by atoms with E-state index < -0.39 is 0 Å². The van der Waals surface area contributed by atoms with Gasteiger partial charge in [0.15, 0.2) is 0 Å². The molecule has 4 heteroatoms.